The Kier molecular flexibility index (Phi) is 8.57. The van der Waals surface area contributed by atoms with Gasteiger partial charge in [0, 0.05) is 4.05 Å². The molecule has 0 rings (SSSR count). The van der Waals surface area contributed by atoms with Gasteiger partial charge in [0.2, 0.25) is 5.22 Å². The summed E-state index contributed by atoms with van der Waals surface area (Å²) in [7, 11) is -0.453. The average Bonchev–Trinajstić information content (AvgIpc) is 2.09. The Morgan fingerprint density at radius 3 is 2.29 bits per heavy atom. The van der Waals surface area contributed by atoms with Crippen LogP contribution in [-0.2, 0) is 0 Å². The second kappa shape index (κ2) is 8.47. The molecule has 0 saturated heterocycles. The molecule has 0 spiro atoms. The lowest BCUT2D eigenvalue weighted by Gasteiger charge is -1.99. The van der Waals surface area contributed by atoms with Crippen molar-refractivity contribution in [3.8, 4) is 0 Å². The van der Waals surface area contributed by atoms with Gasteiger partial charge in [-0.2, -0.15) is 5.53 Å². The SMILES string of the molecule is C[Si](C)CI=[N+](C[Si](C)C)/N=N/N=N. The van der Waals surface area contributed by atoms with Crippen LogP contribution in [0.3, 0.4) is 0 Å². The molecular weight excluding hydrogens is 325 g/mol. The molecule has 0 aromatic carbocycles. The topological polar surface area (TPSA) is 63.9 Å². The summed E-state index contributed by atoms with van der Waals surface area (Å²) in [5.74, 6) is 0. The van der Waals surface area contributed by atoms with Crippen molar-refractivity contribution in [2.24, 2.45) is 15.7 Å². The Hall–Kier alpha value is 0.164. The molecule has 0 fully saturated rings. The molecule has 0 aliphatic carbocycles. The summed E-state index contributed by atoms with van der Waals surface area (Å²) in [6.07, 6.45) is 1.03. The zero-order chi connectivity index (χ0) is 11.0. The van der Waals surface area contributed by atoms with Crippen LogP contribution in [0.2, 0.25) is 26.2 Å². The van der Waals surface area contributed by atoms with E-state index in [-0.39, 0.29) is 38.6 Å². The van der Waals surface area contributed by atoms with E-state index in [0.29, 0.717) is 0 Å². The molecule has 14 heavy (non-hydrogen) atoms. The summed E-state index contributed by atoms with van der Waals surface area (Å²) in [6.45, 7) is 9.16. The fourth-order valence-corrected chi connectivity index (χ4v) is 7.88. The van der Waals surface area contributed by atoms with Crippen LogP contribution in [0.15, 0.2) is 15.7 Å². The second-order valence-corrected chi connectivity index (χ2v) is 12.9. The second-order valence-electron chi connectivity index (χ2n) is 3.44. The summed E-state index contributed by atoms with van der Waals surface area (Å²) >= 11 is -0.0272. The molecule has 80 valence electrons. The van der Waals surface area contributed by atoms with Gasteiger partial charge in [0.15, 0.2) is 5.22 Å². The average molecular weight is 342 g/mol. The van der Waals surface area contributed by atoms with Gasteiger partial charge in [-0.3, -0.25) is 0 Å². The van der Waals surface area contributed by atoms with Crippen LogP contribution in [-0.4, -0.2) is 30.6 Å². The van der Waals surface area contributed by atoms with E-state index < -0.39 is 0 Å². The van der Waals surface area contributed by atoms with Crippen molar-refractivity contribution < 1.29 is 2.84 Å². The van der Waals surface area contributed by atoms with Crippen LogP contribution in [0, 0.1) is 5.53 Å². The molecule has 1 N–H and O–H groups in total. The monoisotopic (exact) mass is 342 g/mol. The summed E-state index contributed by atoms with van der Waals surface area (Å²) in [5.41, 5.74) is 6.56. The third kappa shape index (κ3) is 8.75. The smallest absolute Gasteiger partial charge is 0.160 e. The van der Waals surface area contributed by atoms with Gasteiger partial charge in [0.05, 0.1) is 22.8 Å². The van der Waals surface area contributed by atoms with Crippen LogP contribution >= 0.6 is 21.0 Å². The lowest BCUT2D eigenvalue weighted by atomic mass is 11.5. The first-order valence-electron chi connectivity index (χ1n) is 4.28. The Morgan fingerprint density at radius 2 is 1.86 bits per heavy atom. The molecule has 2 radical (unpaired) electrons. The summed E-state index contributed by atoms with van der Waals surface area (Å²) in [6, 6.07) is 0. The van der Waals surface area contributed by atoms with Gasteiger partial charge in [-0.25, -0.2) is 0 Å². The normalized spacial score (nSPS) is 13.7. The molecule has 0 aliphatic heterocycles. The molecule has 0 atom stereocenters. The molecule has 0 unspecified atom stereocenters. The van der Waals surface area contributed by atoms with E-state index >= 15 is 0 Å². The quantitative estimate of drug-likeness (QED) is 0.254. The van der Waals surface area contributed by atoms with E-state index in [0.717, 1.165) is 6.17 Å². The lowest BCUT2D eigenvalue weighted by molar-refractivity contribution is -0.473. The van der Waals surface area contributed by atoms with Crippen molar-refractivity contribution in [2.75, 3.05) is 10.2 Å². The summed E-state index contributed by atoms with van der Waals surface area (Å²) in [5, 5.41) is 10.3. The first kappa shape index (κ1) is 14.2. The number of nitrogens with one attached hydrogen (secondary N) is 1. The number of rotatable bonds is 6. The van der Waals surface area contributed by atoms with E-state index in [1.165, 1.54) is 4.05 Å². The highest BCUT2D eigenvalue weighted by atomic mass is 127. The van der Waals surface area contributed by atoms with Gasteiger partial charge in [-0.1, -0.05) is 26.2 Å². The molecule has 0 aromatic rings. The van der Waals surface area contributed by atoms with Crippen LogP contribution in [0.4, 0.5) is 0 Å². The van der Waals surface area contributed by atoms with Gasteiger partial charge in [0.25, 0.3) is 0 Å². The zero-order valence-corrected chi connectivity index (χ0v) is 13.2. The van der Waals surface area contributed by atoms with Crippen molar-refractivity contribution in [1.82, 2.24) is 0 Å². The predicted molar refractivity (Wildman–Crippen MR) is 69.0 cm³/mol. The molecule has 0 heterocycles. The third-order valence-corrected chi connectivity index (χ3v) is 10.2. The van der Waals surface area contributed by atoms with Crippen molar-refractivity contribution in [3.05, 3.63) is 0 Å². The predicted octanol–water partition coefficient (Wildman–Crippen LogP) is 3.05. The van der Waals surface area contributed by atoms with Crippen LogP contribution in [0.5, 0.6) is 0 Å². The Balaban J connectivity index is 4.29. The first-order chi connectivity index (χ1) is 6.56. The minimum atomic E-state index is -0.303. The van der Waals surface area contributed by atoms with Gasteiger partial charge in [0.1, 0.15) is 27.2 Å². The van der Waals surface area contributed by atoms with Gasteiger partial charge < -0.3 is 0 Å². The number of nitrogens with zero attached hydrogens (tertiary/aromatic N) is 4. The zero-order valence-electron chi connectivity index (χ0n) is 9.08. The summed E-state index contributed by atoms with van der Waals surface area (Å²) < 4.78 is 3.37. The maximum Gasteiger partial charge on any atom is 0.224 e. The van der Waals surface area contributed by atoms with Gasteiger partial charge >= 0.3 is 0 Å². The van der Waals surface area contributed by atoms with Crippen LogP contribution < -0.4 is 0 Å². The molecule has 0 bridgehead atoms. The van der Waals surface area contributed by atoms with Crippen LogP contribution in [0.1, 0.15) is 0 Å². The standard InChI is InChI=1S/C6H17IN5Si2/c1-13(2)5-7-12(6-14(3)4)11-10-9-8/h8H,5-6H2,1-4H3/q+1/b9-8?,11-10+. The molecule has 0 aromatic heterocycles. The highest BCUT2D eigenvalue weighted by molar-refractivity contribution is 14.1. The fraction of sp³-hybridized carbons (Fsp3) is 1.00. The Morgan fingerprint density at radius 1 is 1.21 bits per heavy atom. The minimum Gasteiger partial charge on any atom is -0.160 e. The molecule has 8 heteroatoms. The number of alkyl halides is 1. The van der Waals surface area contributed by atoms with Gasteiger partial charge in [-0.05, 0) is 0 Å². The summed E-state index contributed by atoms with van der Waals surface area (Å²) in [4.78, 5) is 0. The Bertz CT molecular complexity index is 228. The third-order valence-electron chi connectivity index (χ3n) is 1.09. The van der Waals surface area contributed by atoms with E-state index in [2.05, 4.69) is 44.7 Å². The number of hydrogen-bond acceptors (Lipinski definition) is 2. The molecule has 0 amide bonds. The molecule has 0 saturated carbocycles. The van der Waals surface area contributed by atoms with Gasteiger partial charge in [-0.15, -0.1) is 2.84 Å². The molecule has 0 aliphatic rings. The lowest BCUT2D eigenvalue weighted by Crippen LogP contribution is -2.17. The number of hydrogen-bond donors (Lipinski definition) is 1. The van der Waals surface area contributed by atoms with Crippen molar-refractivity contribution in [2.45, 2.75) is 26.2 Å². The van der Waals surface area contributed by atoms with E-state index in [1.54, 1.807) is 0 Å². The van der Waals surface area contributed by atoms with E-state index in [1.807, 2.05) is 0 Å². The van der Waals surface area contributed by atoms with E-state index in [9.17, 15) is 0 Å². The first-order valence-corrected chi connectivity index (χ1v) is 12.2. The highest BCUT2D eigenvalue weighted by Crippen LogP contribution is 2.05. The van der Waals surface area contributed by atoms with Crippen molar-refractivity contribution in [1.29, 1.82) is 5.53 Å². The van der Waals surface area contributed by atoms with Crippen molar-refractivity contribution >= 4 is 38.6 Å². The van der Waals surface area contributed by atoms with E-state index in [4.69, 9.17) is 5.53 Å². The van der Waals surface area contributed by atoms with Crippen LogP contribution in [0.25, 0.3) is 0 Å². The molecular formula is C6H17IN5Si2+. The highest BCUT2D eigenvalue weighted by Gasteiger charge is 2.07. The largest absolute Gasteiger partial charge is 0.224 e. The fourth-order valence-electron chi connectivity index (χ4n) is 0.611. The molecule has 5 nitrogen and oxygen atoms in total. The van der Waals surface area contributed by atoms with Crippen molar-refractivity contribution in [3.63, 3.8) is 0 Å². The maximum absolute atomic E-state index is 6.56. The number of halogens is 1. The maximum atomic E-state index is 6.56. The Labute approximate surface area is 98.8 Å². The minimum absolute atomic E-state index is 0.0272.